The van der Waals surface area contributed by atoms with Crippen molar-refractivity contribution in [3.05, 3.63) is 35.7 Å². The lowest BCUT2D eigenvalue weighted by molar-refractivity contribution is 0.252. The third-order valence-electron chi connectivity index (χ3n) is 4.04. The van der Waals surface area contributed by atoms with Gasteiger partial charge in [-0.25, -0.2) is 13.4 Å². The van der Waals surface area contributed by atoms with Crippen LogP contribution in [0.4, 0.5) is 0 Å². The summed E-state index contributed by atoms with van der Waals surface area (Å²) in [6, 6.07) is 3.47. The van der Waals surface area contributed by atoms with Gasteiger partial charge in [-0.3, -0.25) is 0 Å². The van der Waals surface area contributed by atoms with Gasteiger partial charge >= 0.3 is 0 Å². The molecule has 2 aromatic rings. The molecule has 5 nitrogen and oxygen atoms in total. The smallest absolute Gasteiger partial charge is 0.252 e. The summed E-state index contributed by atoms with van der Waals surface area (Å²) in [5, 5.41) is 1.81. The van der Waals surface area contributed by atoms with Gasteiger partial charge in [0.2, 0.25) is 0 Å². The second-order valence-corrected chi connectivity index (χ2v) is 8.52. The summed E-state index contributed by atoms with van der Waals surface area (Å²) in [6.45, 7) is 4.15. The molecule has 0 saturated carbocycles. The van der Waals surface area contributed by atoms with Crippen molar-refractivity contribution in [1.82, 2.24) is 13.9 Å². The van der Waals surface area contributed by atoms with Gasteiger partial charge in [-0.2, -0.15) is 4.31 Å². The van der Waals surface area contributed by atoms with Gasteiger partial charge in [-0.05, 0) is 37.1 Å². The van der Waals surface area contributed by atoms with Gasteiger partial charge in [0.1, 0.15) is 10.0 Å². The van der Waals surface area contributed by atoms with Crippen LogP contribution in [0.2, 0.25) is 0 Å². The van der Waals surface area contributed by atoms with E-state index >= 15 is 0 Å². The van der Waals surface area contributed by atoms with Crippen molar-refractivity contribution in [2.45, 2.75) is 30.5 Å². The molecule has 0 bridgehead atoms. The van der Waals surface area contributed by atoms with Crippen molar-refractivity contribution in [3.63, 3.8) is 0 Å². The zero-order valence-electron chi connectivity index (χ0n) is 12.0. The maximum atomic E-state index is 12.4. The van der Waals surface area contributed by atoms with E-state index in [4.69, 9.17) is 0 Å². The second-order valence-electron chi connectivity index (χ2n) is 5.41. The first-order valence-electron chi connectivity index (χ1n) is 7.09. The highest BCUT2D eigenvalue weighted by atomic mass is 32.2. The average molecular weight is 325 g/mol. The van der Waals surface area contributed by atoms with Crippen LogP contribution < -0.4 is 0 Å². The van der Waals surface area contributed by atoms with Crippen molar-refractivity contribution >= 4 is 21.4 Å². The molecule has 0 atom stereocenters. The average Bonchev–Trinajstić information content (AvgIpc) is 3.12. The number of hydrogen-bond acceptors (Lipinski definition) is 4. The van der Waals surface area contributed by atoms with Crippen LogP contribution in [0.1, 0.15) is 18.7 Å². The molecule has 2 aromatic heterocycles. The number of thiophene rings is 1. The van der Waals surface area contributed by atoms with Crippen LogP contribution >= 0.6 is 11.3 Å². The lowest BCUT2D eigenvalue weighted by Gasteiger charge is -2.31. The van der Waals surface area contributed by atoms with Crippen LogP contribution in [0, 0.1) is 12.8 Å². The van der Waals surface area contributed by atoms with Crippen molar-refractivity contribution in [2.24, 2.45) is 5.92 Å². The van der Waals surface area contributed by atoms with Crippen molar-refractivity contribution in [3.8, 4) is 0 Å². The van der Waals surface area contributed by atoms with E-state index in [1.165, 1.54) is 11.3 Å². The summed E-state index contributed by atoms with van der Waals surface area (Å²) in [5.74, 6) is 1.54. The molecule has 1 saturated heterocycles. The van der Waals surface area contributed by atoms with E-state index in [2.05, 4.69) is 9.55 Å². The van der Waals surface area contributed by atoms with E-state index in [1.807, 2.05) is 19.3 Å². The zero-order valence-corrected chi connectivity index (χ0v) is 13.6. The van der Waals surface area contributed by atoms with Gasteiger partial charge in [0.25, 0.3) is 10.0 Å². The Morgan fingerprint density at radius 2 is 2.14 bits per heavy atom. The summed E-state index contributed by atoms with van der Waals surface area (Å²) < 4.78 is 29.1. The van der Waals surface area contributed by atoms with Gasteiger partial charge in [0.05, 0.1) is 0 Å². The first-order chi connectivity index (χ1) is 10.1. The van der Waals surface area contributed by atoms with Crippen LogP contribution in [0.15, 0.2) is 34.1 Å². The second kappa shape index (κ2) is 5.90. The Kier molecular flexibility index (Phi) is 4.14. The Balaban J connectivity index is 1.62. The molecule has 1 aliphatic heterocycles. The molecule has 0 radical (unpaired) electrons. The Bertz CT molecular complexity index is 684. The van der Waals surface area contributed by atoms with E-state index in [0.29, 0.717) is 23.2 Å². The number of piperidine rings is 1. The largest absolute Gasteiger partial charge is 0.335 e. The quantitative estimate of drug-likeness (QED) is 0.867. The Morgan fingerprint density at radius 3 is 2.71 bits per heavy atom. The van der Waals surface area contributed by atoms with Gasteiger partial charge in [-0.1, -0.05) is 6.07 Å². The Morgan fingerprint density at radius 1 is 1.38 bits per heavy atom. The molecular formula is C14H19N3O2S2. The number of aryl methyl sites for hydroxylation is 1. The Hall–Kier alpha value is -1.18. The number of imidazole rings is 1. The topological polar surface area (TPSA) is 55.2 Å². The number of hydrogen-bond donors (Lipinski definition) is 0. The van der Waals surface area contributed by atoms with Crippen LogP contribution in [0.3, 0.4) is 0 Å². The monoisotopic (exact) mass is 325 g/mol. The molecule has 3 heterocycles. The summed E-state index contributed by atoms with van der Waals surface area (Å²) in [7, 11) is -3.28. The zero-order chi connectivity index (χ0) is 14.9. The van der Waals surface area contributed by atoms with Crippen LogP contribution in [0.5, 0.6) is 0 Å². The highest BCUT2D eigenvalue weighted by molar-refractivity contribution is 7.91. The molecule has 7 heteroatoms. The maximum absolute atomic E-state index is 12.4. The minimum Gasteiger partial charge on any atom is -0.335 e. The molecule has 114 valence electrons. The molecule has 0 aromatic carbocycles. The molecule has 0 N–H and O–H groups in total. The molecule has 1 aliphatic rings. The van der Waals surface area contributed by atoms with Crippen molar-refractivity contribution < 1.29 is 8.42 Å². The molecule has 1 fully saturated rings. The molecule has 3 rings (SSSR count). The number of aromatic nitrogens is 2. The SMILES string of the molecule is Cc1nccn1CC1CCN(S(=O)(=O)c2cccs2)CC1. The fraction of sp³-hybridized carbons (Fsp3) is 0.500. The molecule has 0 amide bonds. The number of nitrogens with zero attached hydrogens (tertiary/aromatic N) is 3. The highest BCUT2D eigenvalue weighted by Crippen LogP contribution is 2.27. The minimum absolute atomic E-state index is 0.450. The van der Waals surface area contributed by atoms with Gasteiger partial charge in [-0.15, -0.1) is 11.3 Å². The first-order valence-corrected chi connectivity index (χ1v) is 9.41. The van der Waals surface area contributed by atoms with Gasteiger partial charge in [0.15, 0.2) is 0 Å². The van der Waals surface area contributed by atoms with E-state index in [1.54, 1.807) is 21.8 Å². The van der Waals surface area contributed by atoms with E-state index in [-0.39, 0.29) is 0 Å². The minimum atomic E-state index is -3.28. The highest BCUT2D eigenvalue weighted by Gasteiger charge is 2.30. The summed E-state index contributed by atoms with van der Waals surface area (Å²) in [5.41, 5.74) is 0. The van der Waals surface area contributed by atoms with Gasteiger partial charge in [0, 0.05) is 32.0 Å². The standard InChI is InChI=1S/C14H19N3O2S2/c1-12-15-6-9-16(12)11-13-4-7-17(8-5-13)21(18,19)14-3-2-10-20-14/h2-3,6,9-10,13H,4-5,7-8,11H2,1H3. The third kappa shape index (κ3) is 3.04. The van der Waals surface area contributed by atoms with Crippen molar-refractivity contribution in [2.75, 3.05) is 13.1 Å². The van der Waals surface area contributed by atoms with E-state index < -0.39 is 10.0 Å². The lowest BCUT2D eigenvalue weighted by Crippen LogP contribution is -2.39. The predicted octanol–water partition coefficient (Wildman–Crippen LogP) is 2.35. The molecular weight excluding hydrogens is 306 g/mol. The summed E-state index contributed by atoms with van der Waals surface area (Å²) >= 11 is 1.29. The van der Waals surface area contributed by atoms with Crippen molar-refractivity contribution in [1.29, 1.82) is 0 Å². The van der Waals surface area contributed by atoms with Crippen LogP contribution in [-0.2, 0) is 16.6 Å². The summed E-state index contributed by atoms with van der Waals surface area (Å²) in [6.07, 6.45) is 5.61. The van der Waals surface area contributed by atoms with E-state index in [0.717, 1.165) is 25.2 Å². The fourth-order valence-electron chi connectivity index (χ4n) is 2.74. The Labute approximate surface area is 129 Å². The lowest BCUT2D eigenvalue weighted by atomic mass is 9.98. The molecule has 21 heavy (non-hydrogen) atoms. The fourth-order valence-corrected chi connectivity index (χ4v) is 5.36. The summed E-state index contributed by atoms with van der Waals surface area (Å²) in [4.78, 5) is 4.23. The molecule has 0 spiro atoms. The third-order valence-corrected chi connectivity index (χ3v) is 7.31. The number of rotatable bonds is 4. The van der Waals surface area contributed by atoms with Gasteiger partial charge < -0.3 is 4.57 Å². The normalized spacial score (nSPS) is 18.1. The van der Waals surface area contributed by atoms with Crippen LogP contribution in [0.25, 0.3) is 0 Å². The number of sulfonamides is 1. The van der Waals surface area contributed by atoms with Crippen LogP contribution in [-0.4, -0.2) is 35.4 Å². The molecule has 0 aliphatic carbocycles. The van der Waals surface area contributed by atoms with E-state index in [9.17, 15) is 8.42 Å². The maximum Gasteiger partial charge on any atom is 0.252 e. The predicted molar refractivity (Wildman–Crippen MR) is 82.8 cm³/mol. The molecule has 0 unspecified atom stereocenters. The first kappa shape index (κ1) is 14.7.